The SMILES string of the molecule is CC1COCC(C)N1CCO.COCCCN1CCOc2ccc(CO[C@H]3CNCCC3c3ccc(OC)cc3)cc21. The summed E-state index contributed by atoms with van der Waals surface area (Å²) in [6, 6.07) is 15.7. The minimum Gasteiger partial charge on any atom is -0.497 e. The second kappa shape index (κ2) is 17.0. The van der Waals surface area contributed by atoms with Gasteiger partial charge in [-0.1, -0.05) is 18.2 Å². The number of rotatable bonds is 11. The Morgan fingerprint density at radius 1 is 1.02 bits per heavy atom. The van der Waals surface area contributed by atoms with Crippen LogP contribution in [0, 0.1) is 0 Å². The number of methoxy groups -OCH3 is 2. The zero-order valence-corrected chi connectivity index (χ0v) is 25.9. The second-order valence-electron chi connectivity index (χ2n) is 11.4. The summed E-state index contributed by atoms with van der Waals surface area (Å²) < 4.78 is 28.2. The molecule has 0 spiro atoms. The lowest BCUT2D eigenvalue weighted by molar-refractivity contribution is -0.0419. The maximum Gasteiger partial charge on any atom is 0.142 e. The number of benzene rings is 2. The van der Waals surface area contributed by atoms with Crippen LogP contribution < -0.4 is 19.7 Å². The van der Waals surface area contributed by atoms with E-state index in [2.05, 4.69) is 59.3 Å². The molecule has 2 fully saturated rings. The van der Waals surface area contributed by atoms with E-state index in [0.717, 1.165) is 89.2 Å². The molecule has 2 aromatic rings. The predicted octanol–water partition coefficient (Wildman–Crippen LogP) is 3.68. The van der Waals surface area contributed by atoms with E-state index in [4.69, 9.17) is 28.8 Å². The quantitative estimate of drug-likeness (QED) is 0.384. The number of aliphatic hydroxyl groups is 1. The van der Waals surface area contributed by atoms with Crippen molar-refractivity contribution in [2.24, 2.45) is 0 Å². The molecule has 2 aromatic carbocycles. The molecular weight excluding hydrogens is 534 g/mol. The number of anilines is 1. The number of ether oxygens (including phenoxy) is 5. The van der Waals surface area contributed by atoms with Gasteiger partial charge in [0.15, 0.2) is 0 Å². The van der Waals surface area contributed by atoms with Gasteiger partial charge in [-0.25, -0.2) is 0 Å². The topological polar surface area (TPSA) is 84.9 Å². The van der Waals surface area contributed by atoms with Crippen LogP contribution >= 0.6 is 0 Å². The standard InChI is InChI=1S/C25H34N2O4.C8H17NO2/c1-28-14-3-12-27-13-15-30-24-9-4-19(16-23(24)27)18-31-25-17-26-11-10-22(25)20-5-7-21(29-2)8-6-20;1-7-5-11-6-8(2)9(7)3-4-10/h4-9,16,22,25-26H,3,10-15,17-18H2,1-2H3;7-8,10H,3-6H2,1-2H3/t22?,25-;/m0./s1. The first kappa shape index (κ1) is 32.5. The van der Waals surface area contributed by atoms with Gasteiger partial charge in [0.1, 0.15) is 18.1 Å². The summed E-state index contributed by atoms with van der Waals surface area (Å²) in [6.07, 6.45) is 2.23. The summed E-state index contributed by atoms with van der Waals surface area (Å²) in [7, 11) is 3.45. The van der Waals surface area contributed by atoms with E-state index in [9.17, 15) is 0 Å². The Kier molecular flexibility index (Phi) is 13.2. The predicted molar refractivity (Wildman–Crippen MR) is 166 cm³/mol. The lowest BCUT2D eigenvalue weighted by atomic mass is 9.87. The fraction of sp³-hybridized carbons (Fsp3) is 0.636. The Bertz CT molecular complexity index is 1040. The highest BCUT2D eigenvalue weighted by atomic mass is 16.5. The van der Waals surface area contributed by atoms with Crippen molar-refractivity contribution in [3.63, 3.8) is 0 Å². The van der Waals surface area contributed by atoms with E-state index < -0.39 is 0 Å². The van der Waals surface area contributed by atoms with Gasteiger partial charge in [-0.2, -0.15) is 0 Å². The first-order valence-corrected chi connectivity index (χ1v) is 15.4. The molecule has 0 aliphatic carbocycles. The van der Waals surface area contributed by atoms with Crippen molar-refractivity contribution in [2.45, 2.75) is 57.4 Å². The lowest BCUT2D eigenvalue weighted by Crippen LogP contribution is -2.50. The van der Waals surface area contributed by atoms with Crippen LogP contribution in [0.3, 0.4) is 0 Å². The Labute approximate surface area is 252 Å². The van der Waals surface area contributed by atoms with E-state index in [1.165, 1.54) is 11.1 Å². The van der Waals surface area contributed by atoms with Crippen LogP contribution in [-0.2, 0) is 20.8 Å². The summed E-state index contributed by atoms with van der Waals surface area (Å²) >= 11 is 0. The van der Waals surface area contributed by atoms with Crippen molar-refractivity contribution in [1.82, 2.24) is 10.2 Å². The van der Waals surface area contributed by atoms with Crippen molar-refractivity contribution in [3.8, 4) is 11.5 Å². The number of hydrogen-bond acceptors (Lipinski definition) is 9. The molecule has 3 unspecified atom stereocenters. The van der Waals surface area contributed by atoms with E-state index in [0.29, 0.717) is 24.6 Å². The van der Waals surface area contributed by atoms with Crippen LogP contribution in [0.5, 0.6) is 11.5 Å². The molecule has 0 radical (unpaired) electrons. The summed E-state index contributed by atoms with van der Waals surface area (Å²) in [5.41, 5.74) is 3.66. The average molecular weight is 586 g/mol. The van der Waals surface area contributed by atoms with Gasteiger partial charge in [-0.05, 0) is 68.6 Å². The molecule has 234 valence electrons. The fourth-order valence-corrected chi connectivity index (χ4v) is 6.07. The second-order valence-corrected chi connectivity index (χ2v) is 11.4. The Morgan fingerprint density at radius 3 is 2.52 bits per heavy atom. The zero-order chi connectivity index (χ0) is 29.7. The van der Waals surface area contributed by atoms with E-state index in [1.54, 1.807) is 14.2 Å². The molecule has 5 rings (SSSR count). The monoisotopic (exact) mass is 585 g/mol. The zero-order valence-electron chi connectivity index (χ0n) is 25.9. The third-order valence-electron chi connectivity index (χ3n) is 8.40. The molecule has 3 heterocycles. The smallest absolute Gasteiger partial charge is 0.142 e. The van der Waals surface area contributed by atoms with Crippen LogP contribution in [0.1, 0.15) is 43.7 Å². The molecule has 42 heavy (non-hydrogen) atoms. The van der Waals surface area contributed by atoms with Crippen molar-refractivity contribution in [2.75, 3.05) is 84.9 Å². The normalized spacial score (nSPS) is 24.3. The number of hydrogen-bond donors (Lipinski definition) is 2. The number of fused-ring (bicyclic) bond motifs is 1. The van der Waals surface area contributed by atoms with Gasteiger partial charge in [0.25, 0.3) is 0 Å². The summed E-state index contributed by atoms with van der Waals surface area (Å²) in [5, 5.41) is 12.3. The minimum absolute atomic E-state index is 0.146. The largest absolute Gasteiger partial charge is 0.497 e. The summed E-state index contributed by atoms with van der Waals surface area (Å²) in [4.78, 5) is 4.67. The van der Waals surface area contributed by atoms with Crippen molar-refractivity contribution < 1.29 is 28.8 Å². The number of nitrogens with zero attached hydrogens (tertiary/aromatic N) is 2. The van der Waals surface area contributed by atoms with Gasteiger partial charge in [-0.15, -0.1) is 0 Å². The van der Waals surface area contributed by atoms with Gasteiger partial charge < -0.3 is 39.0 Å². The molecule has 9 heteroatoms. The number of nitrogens with one attached hydrogen (secondary N) is 1. The molecule has 0 bridgehead atoms. The Balaban J connectivity index is 0.000000310. The molecule has 3 aliphatic heterocycles. The number of β-amino-alcohol motifs (C(OH)–C–C–N with tert-alkyl or cyclic N) is 1. The molecule has 0 aromatic heterocycles. The summed E-state index contributed by atoms with van der Waals surface area (Å²) in [5.74, 6) is 2.24. The van der Waals surface area contributed by atoms with Crippen molar-refractivity contribution in [1.29, 1.82) is 0 Å². The molecule has 2 saturated heterocycles. The molecule has 3 aliphatic rings. The molecule has 9 nitrogen and oxygen atoms in total. The van der Waals surface area contributed by atoms with E-state index in [1.807, 2.05) is 12.1 Å². The highest BCUT2D eigenvalue weighted by molar-refractivity contribution is 5.61. The highest BCUT2D eigenvalue weighted by Gasteiger charge is 2.28. The first-order chi connectivity index (χ1) is 20.5. The number of piperidine rings is 1. The van der Waals surface area contributed by atoms with Crippen molar-refractivity contribution in [3.05, 3.63) is 53.6 Å². The molecular formula is C33H51N3O6. The fourth-order valence-electron chi connectivity index (χ4n) is 6.07. The molecule has 0 saturated carbocycles. The van der Waals surface area contributed by atoms with Gasteiger partial charge in [0.2, 0.25) is 0 Å². The van der Waals surface area contributed by atoms with Crippen LogP contribution in [-0.4, -0.2) is 108 Å². The first-order valence-electron chi connectivity index (χ1n) is 15.4. The third kappa shape index (κ3) is 9.05. The van der Waals surface area contributed by atoms with Gasteiger partial charge in [0.05, 0.1) is 51.9 Å². The molecule has 4 atom stereocenters. The van der Waals surface area contributed by atoms with Gasteiger partial charge >= 0.3 is 0 Å². The van der Waals surface area contributed by atoms with E-state index in [-0.39, 0.29) is 12.7 Å². The molecule has 0 amide bonds. The van der Waals surface area contributed by atoms with Crippen LogP contribution in [0.4, 0.5) is 5.69 Å². The third-order valence-corrected chi connectivity index (χ3v) is 8.40. The van der Waals surface area contributed by atoms with Crippen LogP contribution in [0.25, 0.3) is 0 Å². The summed E-state index contributed by atoms with van der Waals surface area (Å²) in [6.45, 7) is 12.7. The Morgan fingerprint density at radius 2 is 1.81 bits per heavy atom. The number of morpholine rings is 1. The lowest BCUT2D eigenvalue weighted by Gasteiger charge is -2.38. The van der Waals surface area contributed by atoms with Crippen LogP contribution in [0.15, 0.2) is 42.5 Å². The van der Waals surface area contributed by atoms with Crippen LogP contribution in [0.2, 0.25) is 0 Å². The van der Waals surface area contributed by atoms with Gasteiger partial charge in [0, 0.05) is 51.4 Å². The maximum absolute atomic E-state index is 8.77. The highest BCUT2D eigenvalue weighted by Crippen LogP contribution is 2.34. The minimum atomic E-state index is 0.146. The van der Waals surface area contributed by atoms with Crippen molar-refractivity contribution >= 4 is 5.69 Å². The number of aliphatic hydroxyl groups excluding tert-OH is 1. The Hall–Kier alpha value is -2.40. The van der Waals surface area contributed by atoms with E-state index >= 15 is 0 Å². The maximum atomic E-state index is 8.77. The van der Waals surface area contributed by atoms with Gasteiger partial charge in [-0.3, -0.25) is 4.90 Å². The average Bonchev–Trinajstić information content (AvgIpc) is 3.02. The molecule has 2 N–H and O–H groups in total.